The maximum atomic E-state index is 11.7. The van der Waals surface area contributed by atoms with E-state index < -0.39 is 18.1 Å². The van der Waals surface area contributed by atoms with Gasteiger partial charge >= 0.3 is 5.97 Å². The van der Waals surface area contributed by atoms with Gasteiger partial charge in [0.2, 0.25) is 0 Å². The molecular formula is C12H18O4. The topological polar surface area (TPSA) is 66.8 Å². The molecule has 0 aromatic heterocycles. The fourth-order valence-corrected chi connectivity index (χ4v) is 4.21. The number of aliphatic hydroxyl groups is 2. The van der Waals surface area contributed by atoms with Gasteiger partial charge in [-0.1, -0.05) is 13.8 Å². The Labute approximate surface area is 94.6 Å². The normalized spacial score (nSPS) is 58.9. The van der Waals surface area contributed by atoms with E-state index in [9.17, 15) is 15.0 Å². The maximum absolute atomic E-state index is 11.7. The van der Waals surface area contributed by atoms with E-state index in [4.69, 9.17) is 4.74 Å². The van der Waals surface area contributed by atoms with E-state index in [1.807, 2.05) is 0 Å². The molecule has 0 aromatic rings. The van der Waals surface area contributed by atoms with Crippen molar-refractivity contribution in [2.75, 3.05) is 0 Å². The Kier molecular flexibility index (Phi) is 1.84. The van der Waals surface area contributed by atoms with E-state index in [1.165, 1.54) is 0 Å². The molecule has 3 fully saturated rings. The van der Waals surface area contributed by atoms with Crippen LogP contribution in [0.4, 0.5) is 0 Å². The lowest BCUT2D eigenvalue weighted by molar-refractivity contribution is -0.158. The van der Waals surface area contributed by atoms with Gasteiger partial charge in [-0.15, -0.1) is 0 Å². The predicted octanol–water partition coefficient (Wildman–Crippen LogP) is 0.460. The summed E-state index contributed by atoms with van der Waals surface area (Å²) >= 11 is 0. The third kappa shape index (κ3) is 0.843. The van der Waals surface area contributed by atoms with Crippen LogP contribution in [0, 0.1) is 16.7 Å². The number of hydrogen-bond donors (Lipinski definition) is 2. The number of carbonyl (C=O) groups excluding carboxylic acids is 1. The molecule has 1 aliphatic heterocycles. The molecule has 3 aliphatic rings. The Balaban J connectivity index is 2.00. The summed E-state index contributed by atoms with van der Waals surface area (Å²) in [5.41, 5.74) is -0.190. The Morgan fingerprint density at radius 3 is 2.81 bits per heavy atom. The molecule has 2 aliphatic carbocycles. The van der Waals surface area contributed by atoms with Crippen LogP contribution in [0.1, 0.15) is 33.1 Å². The van der Waals surface area contributed by atoms with Gasteiger partial charge < -0.3 is 14.9 Å². The summed E-state index contributed by atoms with van der Waals surface area (Å²) in [6.07, 6.45) is 0.550. The summed E-state index contributed by atoms with van der Waals surface area (Å²) in [5, 5.41) is 19.6. The van der Waals surface area contributed by atoms with Crippen molar-refractivity contribution >= 4 is 5.97 Å². The third-order valence-corrected chi connectivity index (χ3v) is 5.39. The molecule has 0 amide bonds. The minimum Gasteiger partial charge on any atom is -0.461 e. The number of aliphatic hydroxyl groups excluding tert-OH is 2. The summed E-state index contributed by atoms with van der Waals surface area (Å²) in [4.78, 5) is 11.7. The second-order valence-corrected chi connectivity index (χ2v) is 5.70. The zero-order valence-corrected chi connectivity index (χ0v) is 9.64. The predicted molar refractivity (Wildman–Crippen MR) is 55.4 cm³/mol. The Morgan fingerprint density at radius 2 is 2.19 bits per heavy atom. The molecule has 6 atom stereocenters. The van der Waals surface area contributed by atoms with E-state index in [1.54, 1.807) is 0 Å². The quantitative estimate of drug-likeness (QED) is 0.637. The zero-order chi connectivity index (χ0) is 11.7. The highest BCUT2D eigenvalue weighted by molar-refractivity contribution is 5.80. The smallest absolute Gasteiger partial charge is 0.312 e. The first-order valence-corrected chi connectivity index (χ1v) is 6.05. The fraction of sp³-hybridized carbons (Fsp3) is 0.917. The van der Waals surface area contributed by atoms with Gasteiger partial charge in [0, 0.05) is 10.8 Å². The van der Waals surface area contributed by atoms with E-state index in [0.717, 1.165) is 12.8 Å². The average Bonchev–Trinajstić information content (AvgIpc) is 2.59. The van der Waals surface area contributed by atoms with Gasteiger partial charge in [0.1, 0.15) is 6.10 Å². The maximum Gasteiger partial charge on any atom is 0.312 e. The van der Waals surface area contributed by atoms with Crippen molar-refractivity contribution in [3.63, 3.8) is 0 Å². The molecule has 2 saturated carbocycles. The van der Waals surface area contributed by atoms with Crippen molar-refractivity contribution in [2.24, 2.45) is 16.7 Å². The van der Waals surface area contributed by atoms with Crippen LogP contribution in [-0.2, 0) is 9.53 Å². The lowest BCUT2D eigenvalue weighted by atomic mass is 9.69. The first-order valence-electron chi connectivity index (χ1n) is 6.05. The molecule has 4 nitrogen and oxygen atoms in total. The van der Waals surface area contributed by atoms with Crippen molar-refractivity contribution in [1.82, 2.24) is 0 Å². The summed E-state index contributed by atoms with van der Waals surface area (Å²) in [6, 6.07) is 0. The number of esters is 1. The van der Waals surface area contributed by atoms with Crippen LogP contribution in [0.3, 0.4) is 0 Å². The Bertz CT molecular complexity index is 355. The summed E-state index contributed by atoms with van der Waals surface area (Å²) < 4.78 is 5.39. The SMILES string of the molecule is CC[C@]1(C)[C@@H]2OC(=O)[C@H]3[C@@H](O)[C@@H](O)CC[C@@]231. The summed E-state index contributed by atoms with van der Waals surface area (Å²) in [6.45, 7) is 4.22. The van der Waals surface area contributed by atoms with E-state index >= 15 is 0 Å². The molecular weight excluding hydrogens is 208 g/mol. The van der Waals surface area contributed by atoms with Gasteiger partial charge in [-0.05, 0) is 19.3 Å². The zero-order valence-electron chi connectivity index (χ0n) is 9.64. The molecule has 0 unspecified atom stereocenters. The van der Waals surface area contributed by atoms with Crippen LogP contribution >= 0.6 is 0 Å². The molecule has 1 heterocycles. The molecule has 0 bridgehead atoms. The monoisotopic (exact) mass is 226 g/mol. The van der Waals surface area contributed by atoms with Gasteiger partial charge in [0.05, 0.1) is 18.1 Å². The minimum atomic E-state index is -0.945. The van der Waals surface area contributed by atoms with Gasteiger partial charge in [-0.25, -0.2) is 0 Å². The number of hydrogen-bond acceptors (Lipinski definition) is 4. The van der Waals surface area contributed by atoms with Gasteiger partial charge in [0.25, 0.3) is 0 Å². The van der Waals surface area contributed by atoms with E-state index in [2.05, 4.69) is 13.8 Å². The second kappa shape index (κ2) is 2.79. The molecule has 2 N–H and O–H groups in total. The standard InChI is InChI=1S/C12H18O4/c1-3-11(2)10-12(11)5-4-6(13)8(14)7(12)9(15)16-10/h6-8,10,13-14H,3-5H2,1-2H3/t6-,7+,8-,10-,11+,12-/m0/s1. The van der Waals surface area contributed by atoms with Crippen molar-refractivity contribution in [3.05, 3.63) is 0 Å². The Hall–Kier alpha value is -0.610. The first kappa shape index (κ1) is 10.5. The van der Waals surface area contributed by atoms with Crippen LogP contribution in [0.15, 0.2) is 0 Å². The van der Waals surface area contributed by atoms with Crippen LogP contribution in [0.5, 0.6) is 0 Å². The van der Waals surface area contributed by atoms with Crippen molar-refractivity contribution in [1.29, 1.82) is 0 Å². The highest BCUT2D eigenvalue weighted by Gasteiger charge is 2.85. The third-order valence-electron chi connectivity index (χ3n) is 5.39. The molecule has 90 valence electrons. The van der Waals surface area contributed by atoms with Gasteiger partial charge in [-0.3, -0.25) is 4.79 Å². The van der Waals surface area contributed by atoms with Crippen molar-refractivity contribution in [3.8, 4) is 0 Å². The highest BCUT2D eigenvalue weighted by atomic mass is 16.6. The molecule has 4 heteroatoms. The van der Waals surface area contributed by atoms with Crippen molar-refractivity contribution in [2.45, 2.75) is 51.4 Å². The molecule has 1 spiro atoms. The molecule has 3 rings (SSSR count). The van der Waals surface area contributed by atoms with Gasteiger partial charge in [-0.2, -0.15) is 0 Å². The summed E-state index contributed by atoms with van der Waals surface area (Å²) in [5.74, 6) is -0.826. The molecule has 0 radical (unpaired) electrons. The van der Waals surface area contributed by atoms with Gasteiger partial charge in [0.15, 0.2) is 0 Å². The number of carbonyl (C=O) groups is 1. The first-order chi connectivity index (χ1) is 7.49. The van der Waals surface area contributed by atoms with Crippen LogP contribution in [0.2, 0.25) is 0 Å². The minimum absolute atomic E-state index is 0.00664. The number of rotatable bonds is 1. The lowest BCUT2D eigenvalue weighted by Gasteiger charge is -2.37. The highest BCUT2D eigenvalue weighted by Crippen LogP contribution is 2.78. The average molecular weight is 226 g/mol. The van der Waals surface area contributed by atoms with E-state index in [0.29, 0.717) is 6.42 Å². The largest absolute Gasteiger partial charge is 0.461 e. The number of ether oxygens (including phenoxy) is 1. The van der Waals surface area contributed by atoms with Crippen LogP contribution in [0.25, 0.3) is 0 Å². The summed E-state index contributed by atoms with van der Waals surface area (Å²) in [7, 11) is 0. The Morgan fingerprint density at radius 1 is 1.50 bits per heavy atom. The van der Waals surface area contributed by atoms with E-state index in [-0.39, 0.29) is 22.9 Å². The van der Waals surface area contributed by atoms with Crippen molar-refractivity contribution < 1.29 is 19.7 Å². The van der Waals surface area contributed by atoms with Crippen LogP contribution in [-0.4, -0.2) is 34.5 Å². The fourth-order valence-electron chi connectivity index (χ4n) is 4.21. The molecule has 16 heavy (non-hydrogen) atoms. The second-order valence-electron chi connectivity index (χ2n) is 5.70. The lowest BCUT2D eigenvalue weighted by Crippen LogP contribution is -2.47. The van der Waals surface area contributed by atoms with Crippen LogP contribution < -0.4 is 0 Å². The molecule has 1 saturated heterocycles. The molecule has 0 aromatic carbocycles.